The number of ether oxygens (including phenoxy) is 1. The second kappa shape index (κ2) is 3.58. The summed E-state index contributed by atoms with van der Waals surface area (Å²) in [5.74, 6) is -2.98. The van der Waals surface area contributed by atoms with E-state index in [0.29, 0.717) is 0 Å². The molecule has 9 heteroatoms. The summed E-state index contributed by atoms with van der Waals surface area (Å²) in [6.45, 7) is 0. The van der Waals surface area contributed by atoms with Crippen molar-refractivity contribution in [3.05, 3.63) is 0 Å². The highest BCUT2D eigenvalue weighted by Crippen LogP contribution is 2.44. The summed E-state index contributed by atoms with van der Waals surface area (Å²) >= 11 is 0. The lowest BCUT2D eigenvalue weighted by atomic mass is 10.1. The van der Waals surface area contributed by atoms with Crippen molar-refractivity contribution in [2.24, 2.45) is 0 Å². The zero-order chi connectivity index (χ0) is 11.1. The number of hydrogen-bond donors (Lipinski definition) is 6. The predicted molar refractivity (Wildman–Crippen MR) is 42.7 cm³/mol. The SMILES string of the molecule is N=C1O[C@H](C(O)P(=O)(O)O)[C@@H](O)[C@H]1O. The first-order valence-corrected chi connectivity index (χ1v) is 5.28. The molecule has 8 nitrogen and oxygen atoms in total. The van der Waals surface area contributed by atoms with E-state index in [4.69, 9.17) is 30.5 Å². The second-order valence-electron chi connectivity index (χ2n) is 2.88. The van der Waals surface area contributed by atoms with Gasteiger partial charge in [0.1, 0.15) is 6.10 Å². The Bertz CT molecular complexity index is 288. The van der Waals surface area contributed by atoms with Crippen LogP contribution in [-0.2, 0) is 9.30 Å². The lowest BCUT2D eigenvalue weighted by Crippen LogP contribution is -2.38. The molecule has 1 saturated heterocycles. The lowest BCUT2D eigenvalue weighted by molar-refractivity contribution is -0.0213. The Morgan fingerprint density at radius 2 is 1.93 bits per heavy atom. The molecular weight excluding hydrogens is 217 g/mol. The van der Waals surface area contributed by atoms with Crippen LogP contribution in [0.4, 0.5) is 0 Å². The molecule has 1 unspecified atom stereocenters. The van der Waals surface area contributed by atoms with E-state index in [1.165, 1.54) is 0 Å². The maximum absolute atomic E-state index is 10.6. The van der Waals surface area contributed by atoms with Crippen molar-refractivity contribution in [3.63, 3.8) is 0 Å². The maximum Gasteiger partial charge on any atom is 0.357 e. The molecule has 0 spiro atoms. The van der Waals surface area contributed by atoms with Crippen LogP contribution in [0, 0.1) is 5.41 Å². The van der Waals surface area contributed by atoms with Crippen LogP contribution in [0.25, 0.3) is 0 Å². The Labute approximate surface area is 78.4 Å². The van der Waals surface area contributed by atoms with Crippen LogP contribution in [0.15, 0.2) is 0 Å². The highest BCUT2D eigenvalue weighted by atomic mass is 31.2. The van der Waals surface area contributed by atoms with Crippen molar-refractivity contribution < 1.29 is 34.4 Å². The summed E-state index contributed by atoms with van der Waals surface area (Å²) in [6.07, 6.45) is -5.07. The smallest absolute Gasteiger partial charge is 0.357 e. The van der Waals surface area contributed by atoms with Gasteiger partial charge in [0.2, 0.25) is 5.90 Å². The minimum absolute atomic E-state index is 0.727. The molecule has 4 atom stereocenters. The number of rotatable bonds is 2. The van der Waals surface area contributed by atoms with Crippen LogP contribution < -0.4 is 0 Å². The second-order valence-corrected chi connectivity index (χ2v) is 4.59. The van der Waals surface area contributed by atoms with Crippen molar-refractivity contribution in [1.29, 1.82) is 5.41 Å². The van der Waals surface area contributed by atoms with Gasteiger partial charge in [0.25, 0.3) is 0 Å². The highest BCUT2D eigenvalue weighted by molar-refractivity contribution is 7.52. The first-order chi connectivity index (χ1) is 6.25. The van der Waals surface area contributed by atoms with Crippen LogP contribution in [0.3, 0.4) is 0 Å². The molecule has 1 heterocycles. The molecule has 0 aromatic heterocycles. The average molecular weight is 227 g/mol. The van der Waals surface area contributed by atoms with Crippen LogP contribution in [0.5, 0.6) is 0 Å². The number of aliphatic hydroxyl groups is 3. The summed E-state index contributed by atoms with van der Waals surface area (Å²) in [5.41, 5.74) is 0. The van der Waals surface area contributed by atoms with Gasteiger partial charge in [-0.3, -0.25) is 9.97 Å². The predicted octanol–water partition coefficient (Wildman–Crippen LogP) is -2.42. The minimum atomic E-state index is -4.83. The Balaban J connectivity index is 2.82. The van der Waals surface area contributed by atoms with Gasteiger partial charge in [0.05, 0.1) is 0 Å². The zero-order valence-corrected chi connectivity index (χ0v) is 7.70. The molecule has 1 rings (SSSR count). The van der Waals surface area contributed by atoms with E-state index in [1.807, 2.05) is 0 Å². The standard InChI is InChI=1S/C5H10NO7P/c6-4-2(8)1(7)3(13-4)5(9)14(10,11)12/h1-3,5-9H,(H2,10,11,12)/t1-,2+,3-,5?/m0/s1. The van der Waals surface area contributed by atoms with Gasteiger partial charge in [0, 0.05) is 0 Å². The fourth-order valence-corrected chi connectivity index (χ4v) is 1.67. The van der Waals surface area contributed by atoms with Crippen molar-refractivity contribution in [2.45, 2.75) is 24.2 Å². The van der Waals surface area contributed by atoms with Crippen molar-refractivity contribution in [1.82, 2.24) is 0 Å². The van der Waals surface area contributed by atoms with Gasteiger partial charge >= 0.3 is 7.60 Å². The van der Waals surface area contributed by atoms with E-state index in [2.05, 4.69) is 4.74 Å². The van der Waals surface area contributed by atoms with Gasteiger partial charge in [-0.25, -0.2) is 0 Å². The van der Waals surface area contributed by atoms with Gasteiger partial charge in [0.15, 0.2) is 18.1 Å². The van der Waals surface area contributed by atoms with Crippen LogP contribution in [0.1, 0.15) is 0 Å². The Hall–Kier alpha value is -0.500. The van der Waals surface area contributed by atoms with Crippen molar-refractivity contribution in [3.8, 4) is 0 Å². The molecule has 0 saturated carbocycles. The Morgan fingerprint density at radius 1 is 1.43 bits per heavy atom. The van der Waals surface area contributed by atoms with Gasteiger partial charge in [-0.1, -0.05) is 0 Å². The third-order valence-electron chi connectivity index (χ3n) is 1.83. The molecule has 0 bridgehead atoms. The Kier molecular flexibility index (Phi) is 2.96. The molecule has 0 radical (unpaired) electrons. The van der Waals surface area contributed by atoms with E-state index >= 15 is 0 Å². The first-order valence-electron chi connectivity index (χ1n) is 3.59. The number of nitrogens with one attached hydrogen (secondary N) is 1. The number of aliphatic hydroxyl groups excluding tert-OH is 3. The Morgan fingerprint density at radius 3 is 2.21 bits per heavy atom. The molecule has 0 aliphatic carbocycles. The van der Waals surface area contributed by atoms with E-state index < -0.39 is 37.7 Å². The van der Waals surface area contributed by atoms with Crippen LogP contribution >= 0.6 is 7.60 Å². The van der Waals surface area contributed by atoms with Gasteiger partial charge in [-0.15, -0.1) is 0 Å². The van der Waals surface area contributed by atoms with Crippen LogP contribution in [0.2, 0.25) is 0 Å². The molecule has 0 amide bonds. The summed E-state index contributed by atoms with van der Waals surface area (Å²) in [7, 11) is -4.83. The molecule has 0 aromatic rings. The van der Waals surface area contributed by atoms with Gasteiger partial charge in [-0.2, -0.15) is 0 Å². The third kappa shape index (κ3) is 1.95. The van der Waals surface area contributed by atoms with E-state index in [0.717, 1.165) is 0 Å². The molecule has 1 aliphatic heterocycles. The fraction of sp³-hybridized carbons (Fsp3) is 0.800. The highest BCUT2D eigenvalue weighted by Gasteiger charge is 2.49. The van der Waals surface area contributed by atoms with E-state index in [-0.39, 0.29) is 0 Å². The first kappa shape index (κ1) is 11.6. The normalized spacial score (nSPS) is 35.5. The fourth-order valence-electron chi connectivity index (χ4n) is 1.05. The molecule has 82 valence electrons. The number of hydrogen-bond acceptors (Lipinski definition) is 6. The summed E-state index contributed by atoms with van der Waals surface area (Å²) in [4.78, 5) is 17.1. The topological polar surface area (TPSA) is 151 Å². The lowest BCUT2D eigenvalue weighted by Gasteiger charge is -2.20. The summed E-state index contributed by atoms with van der Waals surface area (Å²) in [5, 5.41) is 34.1. The monoisotopic (exact) mass is 227 g/mol. The van der Waals surface area contributed by atoms with Crippen molar-refractivity contribution >= 4 is 13.5 Å². The molecule has 1 aliphatic rings. The maximum atomic E-state index is 10.6. The van der Waals surface area contributed by atoms with Gasteiger partial charge < -0.3 is 29.8 Å². The van der Waals surface area contributed by atoms with E-state index in [9.17, 15) is 4.57 Å². The summed E-state index contributed by atoms with van der Waals surface area (Å²) in [6, 6.07) is 0. The third-order valence-corrected chi connectivity index (χ3v) is 2.81. The van der Waals surface area contributed by atoms with E-state index in [1.54, 1.807) is 0 Å². The van der Waals surface area contributed by atoms with Crippen LogP contribution in [-0.4, -0.2) is 55.2 Å². The molecule has 14 heavy (non-hydrogen) atoms. The van der Waals surface area contributed by atoms with Crippen molar-refractivity contribution in [2.75, 3.05) is 0 Å². The zero-order valence-electron chi connectivity index (χ0n) is 6.81. The molecular formula is C5H10NO7P. The average Bonchev–Trinajstić information content (AvgIpc) is 2.30. The molecule has 0 aromatic carbocycles. The van der Waals surface area contributed by atoms with Gasteiger partial charge in [-0.05, 0) is 0 Å². The quantitative estimate of drug-likeness (QED) is 0.287. The molecule has 1 fully saturated rings. The summed E-state index contributed by atoms with van der Waals surface area (Å²) < 4.78 is 15.0. The largest absolute Gasteiger partial charge is 0.469 e. The molecule has 6 N–H and O–H groups in total. The minimum Gasteiger partial charge on any atom is -0.469 e.